The molecule has 2 aliphatic heterocycles. The fourth-order valence-corrected chi connectivity index (χ4v) is 3.83. The molecule has 1 atom stereocenters. The summed E-state index contributed by atoms with van der Waals surface area (Å²) in [6.07, 6.45) is 1.28. The number of nitrogens with zero attached hydrogens (tertiary/aromatic N) is 2. The van der Waals surface area contributed by atoms with E-state index in [1.165, 1.54) is 4.90 Å². The minimum absolute atomic E-state index is 0.0681. The molecule has 2 saturated heterocycles. The summed E-state index contributed by atoms with van der Waals surface area (Å²) in [6.45, 7) is 3.21. The first-order chi connectivity index (χ1) is 13.5. The van der Waals surface area contributed by atoms with Gasteiger partial charge in [-0.25, -0.2) is 0 Å². The molecule has 3 rings (SSSR count). The highest BCUT2D eigenvalue weighted by atomic mass is 16.5. The molecule has 1 unspecified atom stereocenters. The van der Waals surface area contributed by atoms with Gasteiger partial charge in [-0.1, -0.05) is 12.1 Å². The molecule has 0 radical (unpaired) electrons. The van der Waals surface area contributed by atoms with Gasteiger partial charge < -0.3 is 24.4 Å². The third-order valence-corrected chi connectivity index (χ3v) is 5.15. The van der Waals surface area contributed by atoms with Crippen LogP contribution in [-0.2, 0) is 19.1 Å². The van der Waals surface area contributed by atoms with Crippen LogP contribution in [0.15, 0.2) is 24.3 Å². The van der Waals surface area contributed by atoms with Crippen LogP contribution in [0.4, 0.5) is 5.69 Å². The molecule has 1 aromatic rings. The first kappa shape index (κ1) is 20.1. The Kier molecular flexibility index (Phi) is 6.51. The van der Waals surface area contributed by atoms with Crippen LogP contribution in [0.3, 0.4) is 0 Å². The van der Waals surface area contributed by atoms with Crippen molar-refractivity contribution in [1.82, 2.24) is 4.90 Å². The van der Waals surface area contributed by atoms with Gasteiger partial charge in [-0.05, 0) is 31.9 Å². The Morgan fingerprint density at radius 3 is 2.68 bits per heavy atom. The van der Waals surface area contributed by atoms with E-state index in [2.05, 4.69) is 0 Å². The summed E-state index contributed by atoms with van der Waals surface area (Å²) in [5.41, 5.74) is 0.639. The highest BCUT2D eigenvalue weighted by Gasteiger charge is 2.40. The molecule has 2 heterocycles. The number of carbonyl (C=O) groups excluding carboxylic acids is 2. The molecular formula is C20H26N2O6. The molecule has 2 aliphatic rings. The van der Waals surface area contributed by atoms with Crippen molar-refractivity contribution in [3.63, 3.8) is 0 Å². The average molecular weight is 390 g/mol. The topological polar surface area (TPSA) is 96.4 Å². The lowest BCUT2D eigenvalue weighted by atomic mass is 10.0. The average Bonchev–Trinajstić information content (AvgIpc) is 3.08. The second kappa shape index (κ2) is 9.05. The van der Waals surface area contributed by atoms with Gasteiger partial charge >= 0.3 is 5.97 Å². The molecule has 8 heteroatoms. The molecule has 2 fully saturated rings. The molecule has 0 aliphatic carbocycles. The number of benzene rings is 1. The number of ether oxygens (including phenoxy) is 2. The van der Waals surface area contributed by atoms with E-state index < -0.39 is 11.9 Å². The summed E-state index contributed by atoms with van der Waals surface area (Å²) in [5, 5.41) is 9.26. The van der Waals surface area contributed by atoms with Crippen LogP contribution in [0.5, 0.6) is 5.75 Å². The van der Waals surface area contributed by atoms with Crippen LogP contribution in [0.25, 0.3) is 0 Å². The van der Waals surface area contributed by atoms with Gasteiger partial charge in [0.2, 0.25) is 11.8 Å². The zero-order chi connectivity index (χ0) is 20.1. The van der Waals surface area contributed by atoms with E-state index in [1.807, 2.05) is 19.1 Å². The largest absolute Gasteiger partial charge is 0.492 e. The van der Waals surface area contributed by atoms with Gasteiger partial charge in [0, 0.05) is 32.2 Å². The Balaban J connectivity index is 1.77. The summed E-state index contributed by atoms with van der Waals surface area (Å²) in [4.78, 5) is 40.1. The number of carboxylic acid groups (broad SMARTS) is 1. The lowest BCUT2D eigenvalue weighted by molar-refractivity contribution is -0.149. The molecule has 152 valence electrons. The maximum absolute atomic E-state index is 13.1. The molecule has 0 bridgehead atoms. The minimum atomic E-state index is -1.05. The van der Waals surface area contributed by atoms with Crippen molar-refractivity contribution in [1.29, 1.82) is 0 Å². The fourth-order valence-electron chi connectivity index (χ4n) is 3.83. The number of para-hydroxylation sites is 2. The van der Waals surface area contributed by atoms with Crippen LogP contribution in [0.1, 0.15) is 26.2 Å². The smallest absolute Gasteiger partial charge is 0.323 e. The number of hydrogen-bond donors (Lipinski definition) is 1. The predicted octanol–water partition coefficient (Wildman–Crippen LogP) is 1.53. The van der Waals surface area contributed by atoms with E-state index in [0.29, 0.717) is 44.1 Å². The molecule has 8 nitrogen and oxygen atoms in total. The van der Waals surface area contributed by atoms with Gasteiger partial charge in [0.15, 0.2) is 0 Å². The van der Waals surface area contributed by atoms with Crippen molar-refractivity contribution < 1.29 is 29.0 Å². The van der Waals surface area contributed by atoms with E-state index in [1.54, 1.807) is 17.0 Å². The number of aliphatic carboxylic acids is 1. The third-order valence-electron chi connectivity index (χ3n) is 5.15. The van der Waals surface area contributed by atoms with E-state index >= 15 is 0 Å². The van der Waals surface area contributed by atoms with E-state index in [0.717, 1.165) is 0 Å². The quantitative estimate of drug-likeness (QED) is 0.759. The molecule has 0 spiro atoms. The summed E-state index contributed by atoms with van der Waals surface area (Å²) in [6, 6.07) is 7.07. The van der Waals surface area contributed by atoms with Crippen molar-refractivity contribution in [3.8, 4) is 5.75 Å². The molecule has 2 amide bonds. The number of amides is 2. The molecular weight excluding hydrogens is 364 g/mol. The SMILES string of the molecule is CCOc1ccccc1N1CC(C(=O)N(CC(=O)O)C2CCOCC2)CC1=O. The van der Waals surface area contributed by atoms with Gasteiger partial charge in [-0.15, -0.1) is 0 Å². The van der Waals surface area contributed by atoms with Gasteiger partial charge in [0.25, 0.3) is 0 Å². The number of hydrogen-bond acceptors (Lipinski definition) is 5. The van der Waals surface area contributed by atoms with Crippen molar-refractivity contribution in [2.75, 3.05) is 37.8 Å². The zero-order valence-electron chi connectivity index (χ0n) is 16.0. The first-order valence-electron chi connectivity index (χ1n) is 9.63. The Morgan fingerprint density at radius 2 is 2.00 bits per heavy atom. The predicted molar refractivity (Wildman–Crippen MR) is 101 cm³/mol. The molecule has 1 aromatic carbocycles. The maximum Gasteiger partial charge on any atom is 0.323 e. The summed E-state index contributed by atoms with van der Waals surface area (Å²) in [5.74, 6) is -1.46. The van der Waals surface area contributed by atoms with E-state index in [-0.39, 0.29) is 37.4 Å². The van der Waals surface area contributed by atoms with E-state index in [4.69, 9.17) is 9.47 Å². The lowest BCUT2D eigenvalue weighted by Gasteiger charge is -2.34. The number of carboxylic acids is 1. The second-order valence-corrected chi connectivity index (χ2v) is 7.01. The van der Waals surface area contributed by atoms with Gasteiger partial charge in [-0.2, -0.15) is 0 Å². The molecule has 28 heavy (non-hydrogen) atoms. The number of carbonyl (C=O) groups is 3. The minimum Gasteiger partial charge on any atom is -0.492 e. The summed E-state index contributed by atoms with van der Waals surface area (Å²) < 4.78 is 10.9. The molecule has 0 aromatic heterocycles. The van der Waals surface area contributed by atoms with Crippen molar-refractivity contribution >= 4 is 23.5 Å². The first-order valence-corrected chi connectivity index (χ1v) is 9.63. The summed E-state index contributed by atoms with van der Waals surface area (Å²) >= 11 is 0. The van der Waals surface area contributed by atoms with Gasteiger partial charge in [0.1, 0.15) is 12.3 Å². The van der Waals surface area contributed by atoms with Crippen molar-refractivity contribution in [3.05, 3.63) is 24.3 Å². The van der Waals surface area contributed by atoms with Crippen molar-refractivity contribution in [2.45, 2.75) is 32.2 Å². The van der Waals surface area contributed by atoms with Crippen LogP contribution in [-0.4, -0.2) is 66.7 Å². The Bertz CT molecular complexity index is 731. The van der Waals surface area contributed by atoms with Gasteiger partial charge in [0.05, 0.1) is 18.2 Å². The monoisotopic (exact) mass is 390 g/mol. The highest BCUT2D eigenvalue weighted by Crippen LogP contribution is 2.34. The van der Waals surface area contributed by atoms with Crippen LogP contribution in [0, 0.1) is 5.92 Å². The Labute approximate surface area is 164 Å². The lowest BCUT2D eigenvalue weighted by Crippen LogP contribution is -2.48. The Hall–Kier alpha value is -2.61. The normalized spacial score (nSPS) is 20.2. The number of anilines is 1. The Morgan fingerprint density at radius 1 is 1.29 bits per heavy atom. The van der Waals surface area contributed by atoms with Crippen LogP contribution in [0.2, 0.25) is 0 Å². The molecule has 0 saturated carbocycles. The maximum atomic E-state index is 13.1. The fraction of sp³-hybridized carbons (Fsp3) is 0.550. The van der Waals surface area contributed by atoms with Crippen molar-refractivity contribution in [2.24, 2.45) is 5.92 Å². The summed E-state index contributed by atoms with van der Waals surface area (Å²) in [7, 11) is 0. The van der Waals surface area contributed by atoms with E-state index in [9.17, 15) is 19.5 Å². The third kappa shape index (κ3) is 4.44. The standard InChI is InChI=1S/C20H26N2O6/c1-2-28-17-6-4-3-5-16(17)22-12-14(11-18(22)23)20(26)21(13-19(24)25)15-7-9-27-10-8-15/h3-6,14-15H,2,7-13H2,1H3,(H,24,25). The highest BCUT2D eigenvalue weighted by molar-refractivity contribution is 6.01. The van der Waals surface area contributed by atoms with Crippen LogP contribution >= 0.6 is 0 Å². The molecule has 1 N–H and O–H groups in total. The second-order valence-electron chi connectivity index (χ2n) is 7.01. The number of rotatable bonds is 7. The zero-order valence-corrected chi connectivity index (χ0v) is 16.0. The van der Waals surface area contributed by atoms with Gasteiger partial charge in [-0.3, -0.25) is 14.4 Å². The van der Waals surface area contributed by atoms with Crippen LogP contribution < -0.4 is 9.64 Å².